The van der Waals surface area contributed by atoms with Crippen LogP contribution in [-0.2, 0) is 9.53 Å². The van der Waals surface area contributed by atoms with E-state index in [9.17, 15) is 4.79 Å². The number of morpholine rings is 1. The largest absolute Gasteiger partial charge is 0.374 e. The molecule has 6 nitrogen and oxygen atoms in total. The molecule has 3 heterocycles. The molecule has 0 radical (unpaired) electrons. The van der Waals surface area contributed by atoms with Crippen LogP contribution in [0.3, 0.4) is 0 Å². The van der Waals surface area contributed by atoms with Gasteiger partial charge in [-0.05, 0) is 39.2 Å². The van der Waals surface area contributed by atoms with Gasteiger partial charge in [-0.2, -0.15) is 0 Å². The highest BCUT2D eigenvalue weighted by molar-refractivity contribution is 5.79. The number of fused-ring (bicyclic) bond motifs is 1. The maximum atomic E-state index is 13.0. The highest BCUT2D eigenvalue weighted by Gasteiger charge is 2.38. The molecule has 2 saturated heterocycles. The van der Waals surface area contributed by atoms with Crippen LogP contribution in [-0.4, -0.2) is 59.3 Å². The highest BCUT2D eigenvalue weighted by Crippen LogP contribution is 2.33. The number of aromatic nitrogens is 1. The Balaban J connectivity index is 1.43. The first-order chi connectivity index (χ1) is 11.7. The topological polar surface area (TPSA) is 58.8 Å². The molecule has 4 rings (SSSR count). The van der Waals surface area contributed by atoms with E-state index in [-0.39, 0.29) is 24.1 Å². The van der Waals surface area contributed by atoms with Crippen LogP contribution in [0.15, 0.2) is 10.6 Å². The van der Waals surface area contributed by atoms with E-state index in [2.05, 4.69) is 15.0 Å². The van der Waals surface area contributed by atoms with Crippen LogP contribution in [0.1, 0.15) is 56.0 Å². The van der Waals surface area contributed by atoms with Gasteiger partial charge in [0.05, 0.1) is 37.0 Å². The average molecular weight is 333 g/mol. The van der Waals surface area contributed by atoms with Crippen LogP contribution in [0, 0.1) is 6.92 Å². The van der Waals surface area contributed by atoms with Gasteiger partial charge >= 0.3 is 0 Å². The molecule has 0 spiro atoms. The number of ether oxygens (including phenoxy) is 1. The Labute approximate surface area is 143 Å². The normalized spacial score (nSPS) is 31.2. The van der Waals surface area contributed by atoms with Crippen molar-refractivity contribution in [2.75, 3.05) is 26.2 Å². The lowest BCUT2D eigenvalue weighted by molar-refractivity contribution is -0.150. The molecule has 3 fully saturated rings. The molecule has 1 aromatic rings. The molecule has 132 valence electrons. The minimum atomic E-state index is 0.193. The molecule has 1 aliphatic carbocycles. The van der Waals surface area contributed by atoms with Crippen LogP contribution >= 0.6 is 0 Å². The second kappa shape index (κ2) is 6.84. The van der Waals surface area contributed by atoms with Crippen molar-refractivity contribution in [2.45, 2.75) is 63.6 Å². The van der Waals surface area contributed by atoms with Crippen LogP contribution in [0.2, 0.25) is 0 Å². The van der Waals surface area contributed by atoms with Gasteiger partial charge in [0, 0.05) is 12.6 Å². The molecule has 0 N–H and O–H groups in total. The molecule has 2 aliphatic heterocycles. The summed E-state index contributed by atoms with van der Waals surface area (Å²) in [5.41, 5.74) is 0.904. The molecule has 0 unspecified atom stereocenters. The summed E-state index contributed by atoms with van der Waals surface area (Å²) in [6, 6.07) is 2.48. The molecule has 1 saturated carbocycles. The molecule has 24 heavy (non-hydrogen) atoms. The lowest BCUT2D eigenvalue weighted by Crippen LogP contribution is -2.56. The van der Waals surface area contributed by atoms with Gasteiger partial charge in [-0.3, -0.25) is 9.69 Å². The lowest BCUT2D eigenvalue weighted by Gasteiger charge is -2.44. The van der Waals surface area contributed by atoms with E-state index >= 15 is 0 Å². The first-order valence-corrected chi connectivity index (χ1v) is 9.31. The van der Waals surface area contributed by atoms with Crippen molar-refractivity contribution in [1.29, 1.82) is 0 Å². The van der Waals surface area contributed by atoms with E-state index in [1.54, 1.807) is 0 Å². The van der Waals surface area contributed by atoms with Gasteiger partial charge in [0.2, 0.25) is 5.91 Å². The number of carbonyl (C=O) groups is 1. The molecule has 3 atom stereocenters. The van der Waals surface area contributed by atoms with Gasteiger partial charge in [0.15, 0.2) is 5.76 Å². The molecule has 0 aromatic carbocycles. The van der Waals surface area contributed by atoms with Gasteiger partial charge in [-0.1, -0.05) is 18.0 Å². The van der Waals surface area contributed by atoms with Gasteiger partial charge in [0.25, 0.3) is 0 Å². The maximum absolute atomic E-state index is 13.0. The summed E-state index contributed by atoms with van der Waals surface area (Å²) in [6.45, 7) is 4.79. The first kappa shape index (κ1) is 16.1. The fourth-order valence-corrected chi connectivity index (χ4v) is 4.55. The quantitative estimate of drug-likeness (QED) is 0.849. The van der Waals surface area contributed by atoms with Gasteiger partial charge in [-0.25, -0.2) is 0 Å². The van der Waals surface area contributed by atoms with E-state index in [1.165, 1.54) is 12.8 Å². The number of rotatable bonds is 3. The van der Waals surface area contributed by atoms with E-state index < -0.39 is 0 Å². The van der Waals surface area contributed by atoms with Crippen molar-refractivity contribution < 1.29 is 14.1 Å². The zero-order chi connectivity index (χ0) is 16.5. The number of nitrogens with zero attached hydrogens (tertiary/aromatic N) is 3. The highest BCUT2D eigenvalue weighted by atomic mass is 16.5. The van der Waals surface area contributed by atoms with Gasteiger partial charge < -0.3 is 14.2 Å². The maximum Gasteiger partial charge on any atom is 0.237 e. The van der Waals surface area contributed by atoms with Crippen molar-refractivity contribution >= 4 is 5.91 Å². The van der Waals surface area contributed by atoms with Gasteiger partial charge in [-0.15, -0.1) is 0 Å². The summed E-state index contributed by atoms with van der Waals surface area (Å²) in [6.07, 6.45) is 7.01. The van der Waals surface area contributed by atoms with Crippen molar-refractivity contribution in [3.05, 3.63) is 17.5 Å². The molecule has 1 amide bonds. The van der Waals surface area contributed by atoms with Crippen molar-refractivity contribution in [2.24, 2.45) is 0 Å². The summed E-state index contributed by atoms with van der Waals surface area (Å²) >= 11 is 0. The summed E-state index contributed by atoms with van der Waals surface area (Å²) < 4.78 is 11.3. The molecular weight excluding hydrogens is 306 g/mol. The standard InChI is InChI=1S/C18H27N3O3/c1-13-11-17(24-19-13)14-6-4-8-20(14)12-18(22)21-9-10-23-16-7-3-2-5-15(16)21/h11,14-16H,2-10,12H2,1H3/t14-,15+,16-/m0/s1. The third kappa shape index (κ3) is 3.09. The van der Waals surface area contributed by atoms with E-state index in [0.717, 1.165) is 50.2 Å². The van der Waals surface area contributed by atoms with Crippen LogP contribution in [0.25, 0.3) is 0 Å². The smallest absolute Gasteiger partial charge is 0.237 e. The summed E-state index contributed by atoms with van der Waals surface area (Å²) in [4.78, 5) is 17.3. The fraction of sp³-hybridized carbons (Fsp3) is 0.778. The third-order valence-corrected chi connectivity index (χ3v) is 5.73. The molecular formula is C18H27N3O3. The average Bonchev–Trinajstić information content (AvgIpc) is 3.23. The lowest BCUT2D eigenvalue weighted by atomic mass is 9.90. The van der Waals surface area contributed by atoms with E-state index in [1.807, 2.05) is 13.0 Å². The number of carbonyl (C=O) groups excluding carboxylic acids is 1. The number of amides is 1. The molecule has 1 aromatic heterocycles. The van der Waals surface area contributed by atoms with Crippen LogP contribution in [0.5, 0.6) is 0 Å². The van der Waals surface area contributed by atoms with Crippen LogP contribution in [0.4, 0.5) is 0 Å². The Hall–Kier alpha value is -1.40. The van der Waals surface area contributed by atoms with E-state index in [4.69, 9.17) is 9.26 Å². The first-order valence-electron chi connectivity index (χ1n) is 9.31. The summed E-state index contributed by atoms with van der Waals surface area (Å²) in [5.74, 6) is 1.15. The van der Waals surface area contributed by atoms with Crippen molar-refractivity contribution in [1.82, 2.24) is 15.0 Å². The zero-order valence-electron chi connectivity index (χ0n) is 14.4. The predicted octanol–water partition coefficient (Wildman–Crippen LogP) is 2.29. The van der Waals surface area contributed by atoms with Crippen molar-refractivity contribution in [3.8, 4) is 0 Å². The number of aryl methyl sites for hydroxylation is 1. The fourth-order valence-electron chi connectivity index (χ4n) is 4.55. The Morgan fingerprint density at radius 1 is 1.25 bits per heavy atom. The molecule has 6 heteroatoms. The second-order valence-electron chi connectivity index (χ2n) is 7.35. The Morgan fingerprint density at radius 2 is 2.12 bits per heavy atom. The predicted molar refractivity (Wildman–Crippen MR) is 88.5 cm³/mol. The number of hydrogen-bond donors (Lipinski definition) is 0. The minimum absolute atomic E-state index is 0.193. The molecule has 0 bridgehead atoms. The van der Waals surface area contributed by atoms with Gasteiger partial charge in [0.1, 0.15) is 0 Å². The SMILES string of the molecule is Cc1cc([C@@H]2CCCN2CC(=O)N2CCO[C@H]3CCCC[C@H]32)on1. The van der Waals surface area contributed by atoms with Crippen LogP contribution < -0.4 is 0 Å². The molecule has 3 aliphatic rings. The summed E-state index contributed by atoms with van der Waals surface area (Å²) in [5, 5.41) is 4.01. The number of likely N-dealkylation sites (tertiary alicyclic amines) is 1. The van der Waals surface area contributed by atoms with E-state index in [0.29, 0.717) is 13.2 Å². The third-order valence-electron chi connectivity index (χ3n) is 5.73. The summed E-state index contributed by atoms with van der Waals surface area (Å²) in [7, 11) is 0. The minimum Gasteiger partial charge on any atom is -0.374 e. The zero-order valence-corrected chi connectivity index (χ0v) is 14.4. The second-order valence-corrected chi connectivity index (χ2v) is 7.35. The Morgan fingerprint density at radius 3 is 2.96 bits per heavy atom. The number of hydrogen-bond acceptors (Lipinski definition) is 5. The van der Waals surface area contributed by atoms with Crippen molar-refractivity contribution in [3.63, 3.8) is 0 Å². The monoisotopic (exact) mass is 333 g/mol. The Kier molecular flexibility index (Phi) is 4.59. The Bertz CT molecular complexity index is 586.